The van der Waals surface area contributed by atoms with Crippen LogP contribution in [0.1, 0.15) is 30.4 Å². The zero-order valence-electron chi connectivity index (χ0n) is 10.6. The molecule has 0 saturated carbocycles. The number of nitrogens with one attached hydrogen (secondary N) is 2. The fourth-order valence-corrected chi connectivity index (χ4v) is 3.36. The van der Waals surface area contributed by atoms with Gasteiger partial charge in [-0.05, 0) is 32.2 Å². The van der Waals surface area contributed by atoms with Crippen molar-refractivity contribution in [3.8, 4) is 0 Å². The first-order valence-electron chi connectivity index (χ1n) is 5.12. The monoisotopic (exact) mass is 292 g/mol. The van der Waals surface area contributed by atoms with Crippen LogP contribution in [-0.4, -0.2) is 27.0 Å². The molecule has 2 N–H and O–H groups in total. The molecule has 0 amide bonds. The van der Waals surface area contributed by atoms with Crippen molar-refractivity contribution in [1.82, 2.24) is 4.72 Å². The lowest BCUT2D eigenvalue weighted by Crippen LogP contribution is -2.43. The highest BCUT2D eigenvalue weighted by Gasteiger charge is 2.22. The molecular formula is C10H16N2O4S2. The van der Waals surface area contributed by atoms with Gasteiger partial charge in [0.05, 0.1) is 12.8 Å². The minimum atomic E-state index is -3.73. The topological polar surface area (TPSA) is 84.5 Å². The van der Waals surface area contributed by atoms with Crippen molar-refractivity contribution in [3.63, 3.8) is 0 Å². The number of anilines is 1. The van der Waals surface area contributed by atoms with Crippen LogP contribution in [0.5, 0.6) is 0 Å². The smallest absolute Gasteiger partial charge is 0.350 e. The van der Waals surface area contributed by atoms with Gasteiger partial charge in [0, 0.05) is 5.54 Å². The molecule has 1 aromatic rings. The van der Waals surface area contributed by atoms with Gasteiger partial charge in [-0.15, -0.1) is 11.3 Å². The largest absolute Gasteiger partial charge is 0.465 e. The van der Waals surface area contributed by atoms with Crippen molar-refractivity contribution in [2.24, 2.45) is 0 Å². The molecule has 1 heterocycles. The number of methoxy groups -OCH3 is 1. The maximum absolute atomic E-state index is 11.8. The van der Waals surface area contributed by atoms with Crippen molar-refractivity contribution >= 4 is 33.2 Å². The molecule has 0 fully saturated rings. The number of carbonyl (C=O) groups is 1. The van der Waals surface area contributed by atoms with Crippen LogP contribution in [0.3, 0.4) is 0 Å². The maximum atomic E-state index is 11.8. The van der Waals surface area contributed by atoms with Gasteiger partial charge in [0.25, 0.3) is 10.2 Å². The number of hydrogen-bond acceptors (Lipinski definition) is 5. The van der Waals surface area contributed by atoms with E-state index in [-0.39, 0.29) is 10.6 Å². The number of carbonyl (C=O) groups excluding carboxylic acids is 1. The van der Waals surface area contributed by atoms with Crippen LogP contribution >= 0.6 is 11.3 Å². The second-order valence-corrected chi connectivity index (χ2v) is 6.94. The third-order valence-electron chi connectivity index (χ3n) is 1.72. The molecule has 0 aromatic carbocycles. The van der Waals surface area contributed by atoms with Gasteiger partial charge in [0.2, 0.25) is 0 Å². The molecule has 1 rings (SSSR count). The Labute approximate surface area is 111 Å². The van der Waals surface area contributed by atoms with Gasteiger partial charge >= 0.3 is 5.97 Å². The Balaban J connectivity index is 2.92. The van der Waals surface area contributed by atoms with Crippen molar-refractivity contribution in [3.05, 3.63) is 16.3 Å². The van der Waals surface area contributed by atoms with Gasteiger partial charge in [0.15, 0.2) is 0 Å². The highest BCUT2D eigenvalue weighted by molar-refractivity contribution is 7.90. The molecule has 18 heavy (non-hydrogen) atoms. The molecule has 0 aliphatic carbocycles. The van der Waals surface area contributed by atoms with Crippen molar-refractivity contribution in [2.75, 3.05) is 11.8 Å². The van der Waals surface area contributed by atoms with E-state index in [1.807, 2.05) is 0 Å². The lowest BCUT2D eigenvalue weighted by Gasteiger charge is -2.20. The lowest BCUT2D eigenvalue weighted by atomic mass is 10.1. The number of thiophene rings is 1. The van der Waals surface area contributed by atoms with Crippen molar-refractivity contribution in [2.45, 2.75) is 26.3 Å². The summed E-state index contributed by atoms with van der Waals surface area (Å²) in [5.74, 6) is -0.571. The van der Waals surface area contributed by atoms with Gasteiger partial charge in [-0.2, -0.15) is 13.1 Å². The first kappa shape index (κ1) is 14.9. The SMILES string of the molecule is COC(=O)c1sccc1NS(=O)(=O)NC(C)(C)C. The lowest BCUT2D eigenvalue weighted by molar-refractivity contribution is 0.0607. The fraction of sp³-hybridized carbons (Fsp3) is 0.500. The first-order valence-corrected chi connectivity index (χ1v) is 7.48. The van der Waals surface area contributed by atoms with Crippen LogP contribution in [0.15, 0.2) is 11.4 Å². The second-order valence-electron chi connectivity index (χ2n) is 4.61. The highest BCUT2D eigenvalue weighted by Crippen LogP contribution is 2.24. The Morgan fingerprint density at radius 3 is 2.50 bits per heavy atom. The first-order chi connectivity index (χ1) is 8.14. The molecule has 102 valence electrons. The van der Waals surface area contributed by atoms with E-state index in [4.69, 9.17) is 0 Å². The number of hydrogen-bond donors (Lipinski definition) is 2. The van der Waals surface area contributed by atoms with Gasteiger partial charge in [-0.25, -0.2) is 4.79 Å². The molecule has 0 aliphatic rings. The molecule has 6 nitrogen and oxygen atoms in total. The van der Waals surface area contributed by atoms with Crippen LogP contribution in [0, 0.1) is 0 Å². The van der Waals surface area contributed by atoms with E-state index in [1.54, 1.807) is 26.2 Å². The van der Waals surface area contributed by atoms with Crippen molar-refractivity contribution in [1.29, 1.82) is 0 Å². The van der Waals surface area contributed by atoms with Gasteiger partial charge in [-0.3, -0.25) is 4.72 Å². The molecular weight excluding hydrogens is 276 g/mol. The predicted molar refractivity (Wildman–Crippen MR) is 71.1 cm³/mol. The highest BCUT2D eigenvalue weighted by atomic mass is 32.2. The van der Waals surface area contributed by atoms with E-state index in [1.165, 1.54) is 13.2 Å². The third-order valence-corrected chi connectivity index (χ3v) is 3.99. The Hall–Kier alpha value is -1.12. The molecule has 0 saturated heterocycles. The van der Waals surface area contributed by atoms with Crippen LogP contribution < -0.4 is 9.44 Å². The van der Waals surface area contributed by atoms with Crippen LogP contribution in [0.25, 0.3) is 0 Å². The Morgan fingerprint density at radius 1 is 1.39 bits per heavy atom. The maximum Gasteiger partial charge on any atom is 0.350 e. The molecule has 0 unspecified atom stereocenters. The Bertz CT molecular complexity index is 528. The number of ether oxygens (including phenoxy) is 1. The average Bonchev–Trinajstić information content (AvgIpc) is 2.59. The standard InChI is InChI=1S/C10H16N2O4S2/c1-10(2,3)12-18(14,15)11-7-5-6-17-8(7)9(13)16-4/h5-6,11-12H,1-4H3. The normalized spacial score (nSPS) is 12.2. The molecule has 0 bridgehead atoms. The molecule has 0 radical (unpaired) electrons. The summed E-state index contributed by atoms with van der Waals surface area (Å²) >= 11 is 1.11. The molecule has 0 spiro atoms. The zero-order valence-corrected chi connectivity index (χ0v) is 12.2. The van der Waals surface area contributed by atoms with E-state index < -0.39 is 21.7 Å². The second kappa shape index (κ2) is 5.25. The predicted octanol–water partition coefficient (Wildman–Crippen LogP) is 1.58. The summed E-state index contributed by atoms with van der Waals surface area (Å²) in [5.41, 5.74) is -0.392. The van der Waals surface area contributed by atoms with Gasteiger partial charge < -0.3 is 4.74 Å². The van der Waals surface area contributed by atoms with E-state index in [2.05, 4.69) is 14.2 Å². The Kier molecular flexibility index (Phi) is 4.36. The molecule has 8 heteroatoms. The summed E-state index contributed by atoms with van der Waals surface area (Å²) in [6.45, 7) is 5.17. The number of rotatable bonds is 4. The van der Waals surface area contributed by atoms with Gasteiger partial charge in [0.1, 0.15) is 4.88 Å². The fourth-order valence-electron chi connectivity index (χ4n) is 1.21. The summed E-state index contributed by atoms with van der Waals surface area (Å²) in [5, 5.41) is 1.61. The van der Waals surface area contributed by atoms with E-state index in [9.17, 15) is 13.2 Å². The van der Waals surface area contributed by atoms with Gasteiger partial charge in [-0.1, -0.05) is 0 Å². The summed E-state index contributed by atoms with van der Waals surface area (Å²) in [6.07, 6.45) is 0. The quantitative estimate of drug-likeness (QED) is 0.825. The zero-order chi connectivity index (χ0) is 14.0. The summed E-state index contributed by atoms with van der Waals surface area (Å²) < 4.78 is 32.9. The van der Waals surface area contributed by atoms with E-state index >= 15 is 0 Å². The van der Waals surface area contributed by atoms with E-state index in [0.717, 1.165) is 11.3 Å². The summed E-state index contributed by atoms with van der Waals surface area (Å²) in [6, 6.07) is 1.51. The Morgan fingerprint density at radius 2 is 2.00 bits per heavy atom. The minimum Gasteiger partial charge on any atom is -0.465 e. The molecule has 0 atom stereocenters. The summed E-state index contributed by atoms with van der Waals surface area (Å²) in [7, 11) is -2.48. The third kappa shape index (κ3) is 4.28. The minimum absolute atomic E-state index is 0.212. The number of esters is 1. The summed E-state index contributed by atoms with van der Waals surface area (Å²) in [4.78, 5) is 11.6. The van der Waals surface area contributed by atoms with Crippen molar-refractivity contribution < 1.29 is 17.9 Å². The van der Waals surface area contributed by atoms with Crippen LogP contribution in [-0.2, 0) is 14.9 Å². The molecule has 0 aliphatic heterocycles. The van der Waals surface area contributed by atoms with E-state index in [0.29, 0.717) is 0 Å². The average molecular weight is 292 g/mol. The van der Waals surface area contributed by atoms with Crippen LogP contribution in [0.4, 0.5) is 5.69 Å². The van der Waals surface area contributed by atoms with Crippen LogP contribution in [0.2, 0.25) is 0 Å². The molecule has 1 aromatic heterocycles.